The second-order valence-electron chi connectivity index (χ2n) is 4.21. The molecule has 0 radical (unpaired) electrons. The third kappa shape index (κ3) is 3.42. The maximum atomic E-state index is 12.3. The van der Waals surface area contributed by atoms with Gasteiger partial charge in [-0.15, -0.1) is 0 Å². The van der Waals surface area contributed by atoms with E-state index in [1.54, 1.807) is 24.4 Å². The molecule has 6 heteroatoms. The van der Waals surface area contributed by atoms with Crippen LogP contribution in [0.3, 0.4) is 0 Å². The molecule has 0 fully saturated rings. The smallest absolute Gasteiger partial charge is 0.329 e. The van der Waals surface area contributed by atoms with Gasteiger partial charge in [-0.25, -0.2) is 0 Å². The number of nitrogens with two attached hydrogens (primary N) is 1. The molecule has 2 rings (SSSR count). The first-order chi connectivity index (χ1) is 9.01. The molecular formula is C13H14F3N3. The molecule has 1 unspecified atom stereocenters. The Morgan fingerprint density at radius 3 is 2.63 bits per heavy atom. The second kappa shape index (κ2) is 5.54. The highest BCUT2D eigenvalue weighted by Crippen LogP contribution is 2.23. The zero-order chi connectivity index (χ0) is 13.9. The van der Waals surface area contributed by atoms with Crippen molar-refractivity contribution in [3.8, 4) is 0 Å². The molecule has 3 N–H and O–H groups in total. The van der Waals surface area contributed by atoms with Crippen molar-refractivity contribution in [3.05, 3.63) is 42.1 Å². The fourth-order valence-corrected chi connectivity index (χ4v) is 1.97. The van der Waals surface area contributed by atoms with Gasteiger partial charge in [0.2, 0.25) is 0 Å². The van der Waals surface area contributed by atoms with Gasteiger partial charge in [-0.2, -0.15) is 13.2 Å². The molecule has 2 aromatic rings. The number of aromatic nitrogens is 1. The van der Waals surface area contributed by atoms with Crippen LogP contribution in [-0.4, -0.2) is 24.2 Å². The molecule has 0 saturated heterocycles. The van der Waals surface area contributed by atoms with Crippen LogP contribution in [0.5, 0.6) is 0 Å². The second-order valence-corrected chi connectivity index (χ2v) is 4.21. The van der Waals surface area contributed by atoms with Crippen LogP contribution >= 0.6 is 0 Å². The molecule has 0 saturated carbocycles. The monoisotopic (exact) mass is 269 g/mol. The van der Waals surface area contributed by atoms with Gasteiger partial charge in [0.25, 0.3) is 0 Å². The Bertz CT molecular complexity index is 549. The Balaban J connectivity index is 2.30. The van der Waals surface area contributed by atoms with Crippen LogP contribution in [0.15, 0.2) is 36.5 Å². The highest BCUT2D eigenvalue weighted by molar-refractivity contribution is 5.82. The van der Waals surface area contributed by atoms with E-state index in [4.69, 9.17) is 5.73 Å². The number of alkyl halides is 3. The Morgan fingerprint density at radius 1 is 1.21 bits per heavy atom. The standard InChI is InChI=1S/C13H14F3N3/c14-13(15,16)8-19-11(7-17)10-5-1-3-9-4-2-6-18-12(9)10/h1-6,11,19H,7-8,17H2. The molecule has 19 heavy (non-hydrogen) atoms. The summed E-state index contributed by atoms with van der Waals surface area (Å²) in [5.74, 6) is 0. The number of nitrogens with zero attached hydrogens (tertiary/aromatic N) is 1. The summed E-state index contributed by atoms with van der Waals surface area (Å²) >= 11 is 0. The van der Waals surface area contributed by atoms with Crippen molar-refractivity contribution in [2.24, 2.45) is 5.73 Å². The Kier molecular flexibility index (Phi) is 4.01. The fraction of sp³-hybridized carbons (Fsp3) is 0.308. The van der Waals surface area contributed by atoms with Crippen LogP contribution in [0, 0.1) is 0 Å². The fourth-order valence-electron chi connectivity index (χ4n) is 1.97. The highest BCUT2D eigenvalue weighted by Gasteiger charge is 2.28. The van der Waals surface area contributed by atoms with Crippen LogP contribution in [0.1, 0.15) is 11.6 Å². The number of hydrogen-bond donors (Lipinski definition) is 2. The van der Waals surface area contributed by atoms with Gasteiger partial charge in [-0.1, -0.05) is 24.3 Å². The van der Waals surface area contributed by atoms with Crippen LogP contribution in [0.25, 0.3) is 10.9 Å². The van der Waals surface area contributed by atoms with Gasteiger partial charge in [0.1, 0.15) is 0 Å². The number of halogens is 3. The van der Waals surface area contributed by atoms with Crippen molar-refractivity contribution < 1.29 is 13.2 Å². The summed E-state index contributed by atoms with van der Waals surface area (Å²) in [5.41, 5.74) is 6.93. The van der Waals surface area contributed by atoms with Gasteiger partial charge in [0.15, 0.2) is 0 Å². The number of hydrogen-bond acceptors (Lipinski definition) is 3. The number of para-hydroxylation sites is 1. The van der Waals surface area contributed by atoms with E-state index < -0.39 is 18.8 Å². The predicted molar refractivity (Wildman–Crippen MR) is 67.6 cm³/mol. The zero-order valence-corrected chi connectivity index (χ0v) is 10.1. The Hall–Kier alpha value is -1.66. The molecule has 0 aliphatic rings. The molecule has 0 spiro atoms. The van der Waals surface area contributed by atoms with Gasteiger partial charge in [-0.3, -0.25) is 4.98 Å². The minimum Gasteiger partial charge on any atom is -0.329 e. The van der Waals surface area contributed by atoms with Crippen molar-refractivity contribution in [1.82, 2.24) is 10.3 Å². The summed E-state index contributed by atoms with van der Waals surface area (Å²) in [6.07, 6.45) is -2.64. The lowest BCUT2D eigenvalue weighted by Crippen LogP contribution is -2.35. The van der Waals surface area contributed by atoms with Gasteiger partial charge < -0.3 is 11.1 Å². The molecular weight excluding hydrogens is 255 g/mol. The van der Waals surface area contributed by atoms with E-state index in [0.717, 1.165) is 5.39 Å². The van der Waals surface area contributed by atoms with Crippen molar-refractivity contribution in [1.29, 1.82) is 0 Å². The average Bonchev–Trinajstić information content (AvgIpc) is 2.38. The van der Waals surface area contributed by atoms with Crippen molar-refractivity contribution in [2.75, 3.05) is 13.1 Å². The summed E-state index contributed by atoms with van der Waals surface area (Å²) in [4.78, 5) is 4.22. The Morgan fingerprint density at radius 2 is 1.95 bits per heavy atom. The molecule has 102 valence electrons. The molecule has 0 aliphatic carbocycles. The number of rotatable bonds is 4. The Labute approximate surface area is 108 Å². The zero-order valence-electron chi connectivity index (χ0n) is 10.1. The molecule has 3 nitrogen and oxygen atoms in total. The van der Waals surface area contributed by atoms with Gasteiger partial charge >= 0.3 is 6.18 Å². The van der Waals surface area contributed by atoms with E-state index in [-0.39, 0.29) is 6.54 Å². The third-order valence-electron chi connectivity index (χ3n) is 2.82. The summed E-state index contributed by atoms with van der Waals surface area (Å²) in [6.45, 7) is -0.996. The van der Waals surface area contributed by atoms with Crippen molar-refractivity contribution >= 4 is 10.9 Å². The lowest BCUT2D eigenvalue weighted by Gasteiger charge is -2.19. The van der Waals surface area contributed by atoms with E-state index in [1.807, 2.05) is 12.1 Å². The predicted octanol–water partition coefficient (Wildman–Crippen LogP) is 2.39. The van der Waals surface area contributed by atoms with Crippen LogP contribution < -0.4 is 11.1 Å². The summed E-state index contributed by atoms with van der Waals surface area (Å²) in [5, 5.41) is 3.31. The highest BCUT2D eigenvalue weighted by atomic mass is 19.4. The summed E-state index contributed by atoms with van der Waals surface area (Å²) in [6, 6.07) is 8.48. The number of nitrogens with one attached hydrogen (secondary N) is 1. The SMILES string of the molecule is NCC(NCC(F)(F)F)c1cccc2cccnc12. The van der Waals surface area contributed by atoms with Crippen LogP contribution in [0.4, 0.5) is 13.2 Å². The minimum absolute atomic E-state index is 0.0752. The van der Waals surface area contributed by atoms with Gasteiger partial charge in [0, 0.05) is 24.2 Å². The topological polar surface area (TPSA) is 50.9 Å². The molecule has 1 atom stereocenters. The maximum Gasteiger partial charge on any atom is 0.401 e. The molecule has 0 bridgehead atoms. The molecule has 1 heterocycles. The van der Waals surface area contributed by atoms with E-state index in [9.17, 15) is 13.2 Å². The van der Waals surface area contributed by atoms with Crippen molar-refractivity contribution in [2.45, 2.75) is 12.2 Å². The number of benzene rings is 1. The number of fused-ring (bicyclic) bond motifs is 1. The third-order valence-corrected chi connectivity index (χ3v) is 2.82. The first kappa shape index (κ1) is 13.8. The van der Waals surface area contributed by atoms with E-state index in [0.29, 0.717) is 11.1 Å². The molecule has 1 aromatic heterocycles. The summed E-state index contributed by atoms with van der Waals surface area (Å²) in [7, 11) is 0. The minimum atomic E-state index is -4.26. The first-order valence-corrected chi connectivity index (χ1v) is 5.85. The molecule has 0 aliphatic heterocycles. The maximum absolute atomic E-state index is 12.3. The molecule has 1 aromatic carbocycles. The average molecular weight is 269 g/mol. The van der Waals surface area contributed by atoms with Crippen LogP contribution in [0.2, 0.25) is 0 Å². The first-order valence-electron chi connectivity index (χ1n) is 5.85. The summed E-state index contributed by atoms with van der Waals surface area (Å²) < 4.78 is 36.8. The van der Waals surface area contributed by atoms with Crippen LogP contribution in [-0.2, 0) is 0 Å². The van der Waals surface area contributed by atoms with Gasteiger partial charge in [-0.05, 0) is 11.6 Å². The largest absolute Gasteiger partial charge is 0.401 e. The number of pyridine rings is 1. The quantitative estimate of drug-likeness (QED) is 0.896. The molecule has 0 amide bonds. The van der Waals surface area contributed by atoms with E-state index >= 15 is 0 Å². The van der Waals surface area contributed by atoms with E-state index in [1.165, 1.54) is 0 Å². The van der Waals surface area contributed by atoms with Crippen molar-refractivity contribution in [3.63, 3.8) is 0 Å². The van der Waals surface area contributed by atoms with E-state index in [2.05, 4.69) is 10.3 Å². The van der Waals surface area contributed by atoms with Gasteiger partial charge in [0.05, 0.1) is 12.1 Å². The normalized spacial score (nSPS) is 13.7. The lowest BCUT2D eigenvalue weighted by molar-refractivity contribution is -0.126. The lowest BCUT2D eigenvalue weighted by atomic mass is 10.0.